The molecular weight excluding hydrogens is 352 g/mol. The van der Waals surface area contributed by atoms with Gasteiger partial charge in [-0.1, -0.05) is 24.6 Å². The molecule has 5 heteroatoms. The van der Waals surface area contributed by atoms with Crippen LogP contribution in [0.2, 0.25) is 0 Å². The SMILES string of the molecule is CN1C[C@H](C(=O)OC2CCCCC2O)C=C2c3cccc4c3c(cn4C)C[C@H]21. The molecule has 0 radical (unpaired) electrons. The first-order valence-electron chi connectivity index (χ1n) is 10.4. The number of carbonyl (C=O) groups is 1. The normalized spacial score (nSPS) is 30.0. The third-order valence-corrected chi connectivity index (χ3v) is 6.81. The molecule has 1 aromatic heterocycles. The van der Waals surface area contributed by atoms with Crippen LogP contribution >= 0.6 is 0 Å². The summed E-state index contributed by atoms with van der Waals surface area (Å²) in [7, 11) is 4.19. The molecular formula is C23H28N2O3. The van der Waals surface area contributed by atoms with Crippen molar-refractivity contribution in [2.45, 2.75) is 50.4 Å². The number of rotatable bonds is 2. The minimum Gasteiger partial charge on any atom is -0.459 e. The zero-order valence-corrected chi connectivity index (χ0v) is 16.6. The highest BCUT2D eigenvalue weighted by Crippen LogP contribution is 2.41. The number of fused-ring (bicyclic) bond motifs is 2. The first-order valence-corrected chi connectivity index (χ1v) is 10.4. The highest BCUT2D eigenvalue weighted by molar-refractivity contribution is 5.99. The van der Waals surface area contributed by atoms with Gasteiger partial charge in [-0.25, -0.2) is 0 Å². The van der Waals surface area contributed by atoms with E-state index < -0.39 is 6.10 Å². The summed E-state index contributed by atoms with van der Waals surface area (Å²) in [5.74, 6) is -0.485. The number of aromatic nitrogens is 1. The Morgan fingerprint density at radius 1 is 1.21 bits per heavy atom. The Morgan fingerprint density at radius 2 is 2.04 bits per heavy atom. The summed E-state index contributed by atoms with van der Waals surface area (Å²) in [6.07, 6.45) is 7.99. The van der Waals surface area contributed by atoms with E-state index in [1.807, 2.05) is 0 Å². The lowest BCUT2D eigenvalue weighted by molar-refractivity contribution is -0.161. The Balaban J connectivity index is 1.48. The lowest BCUT2D eigenvalue weighted by Crippen LogP contribution is -2.45. The second-order valence-corrected chi connectivity index (χ2v) is 8.68. The van der Waals surface area contributed by atoms with Crippen molar-refractivity contribution in [2.24, 2.45) is 13.0 Å². The number of hydrogen-bond acceptors (Lipinski definition) is 4. The Morgan fingerprint density at radius 3 is 2.86 bits per heavy atom. The van der Waals surface area contributed by atoms with Crippen LogP contribution in [0.1, 0.15) is 36.8 Å². The van der Waals surface area contributed by atoms with Crippen molar-refractivity contribution in [1.82, 2.24) is 9.47 Å². The average molecular weight is 380 g/mol. The van der Waals surface area contributed by atoms with E-state index in [-0.39, 0.29) is 18.0 Å². The fourth-order valence-corrected chi connectivity index (χ4v) is 5.33. The van der Waals surface area contributed by atoms with E-state index in [1.165, 1.54) is 27.6 Å². The first kappa shape index (κ1) is 18.0. The standard InChI is InChI=1S/C23H28N2O3/c1-24-12-14-11-19-17(16-6-5-7-18(24)22(14)16)10-15(13-25(19)2)23(27)28-21-9-4-3-8-20(21)26/h5-7,10,12,15,19-21,26H,3-4,8-9,11,13H2,1-2H3/t15-,19-,20?,21?/m1/s1. The van der Waals surface area contributed by atoms with Gasteiger partial charge in [0.2, 0.25) is 0 Å². The molecule has 2 aliphatic carbocycles. The first-order chi connectivity index (χ1) is 13.5. The van der Waals surface area contributed by atoms with E-state index in [0.717, 1.165) is 32.1 Å². The van der Waals surface area contributed by atoms with Gasteiger partial charge in [-0.05, 0) is 55.5 Å². The van der Waals surface area contributed by atoms with Crippen LogP contribution < -0.4 is 0 Å². The van der Waals surface area contributed by atoms with Gasteiger partial charge in [0.25, 0.3) is 0 Å². The minimum atomic E-state index is -0.519. The number of aliphatic hydroxyl groups excluding tert-OH is 1. The molecule has 1 aliphatic heterocycles. The van der Waals surface area contributed by atoms with Gasteiger partial charge in [0.15, 0.2) is 0 Å². The van der Waals surface area contributed by atoms with Crippen LogP contribution in [-0.2, 0) is 23.0 Å². The Hall–Kier alpha value is -2.11. The van der Waals surface area contributed by atoms with Crippen molar-refractivity contribution >= 4 is 22.4 Å². The van der Waals surface area contributed by atoms with Crippen LogP contribution in [0.5, 0.6) is 0 Å². The predicted molar refractivity (Wildman–Crippen MR) is 109 cm³/mol. The summed E-state index contributed by atoms with van der Waals surface area (Å²) >= 11 is 0. The third kappa shape index (κ3) is 2.80. The molecule has 1 saturated carbocycles. The number of ether oxygens (including phenoxy) is 1. The number of hydrogen-bond donors (Lipinski definition) is 1. The average Bonchev–Trinajstić information content (AvgIpc) is 3.01. The van der Waals surface area contributed by atoms with Crippen LogP contribution in [0.3, 0.4) is 0 Å². The number of nitrogens with zero attached hydrogens (tertiary/aromatic N) is 2. The molecule has 28 heavy (non-hydrogen) atoms. The van der Waals surface area contributed by atoms with Crippen molar-refractivity contribution in [3.05, 3.63) is 41.6 Å². The second kappa shape index (κ2) is 6.75. The van der Waals surface area contributed by atoms with Crippen molar-refractivity contribution in [3.63, 3.8) is 0 Å². The number of carbonyl (C=O) groups excluding carboxylic acids is 1. The van der Waals surface area contributed by atoms with Crippen molar-refractivity contribution < 1.29 is 14.6 Å². The van der Waals surface area contributed by atoms with Gasteiger partial charge >= 0.3 is 5.97 Å². The van der Waals surface area contributed by atoms with Gasteiger partial charge in [-0.3, -0.25) is 9.69 Å². The van der Waals surface area contributed by atoms with E-state index in [1.54, 1.807) is 0 Å². The Kier molecular flexibility index (Phi) is 4.33. The largest absolute Gasteiger partial charge is 0.459 e. The van der Waals surface area contributed by atoms with Gasteiger partial charge in [0, 0.05) is 36.7 Å². The number of aryl methyl sites for hydroxylation is 1. The van der Waals surface area contributed by atoms with Gasteiger partial charge < -0.3 is 14.4 Å². The Labute approximate surface area is 165 Å². The zero-order chi connectivity index (χ0) is 19.4. The summed E-state index contributed by atoms with van der Waals surface area (Å²) in [6.45, 7) is 0.661. The number of esters is 1. The summed E-state index contributed by atoms with van der Waals surface area (Å²) in [5.41, 5.74) is 5.11. The monoisotopic (exact) mass is 380 g/mol. The lowest BCUT2D eigenvalue weighted by atomic mass is 9.80. The van der Waals surface area contributed by atoms with Crippen molar-refractivity contribution in [2.75, 3.05) is 13.6 Å². The fourth-order valence-electron chi connectivity index (χ4n) is 5.33. The summed E-state index contributed by atoms with van der Waals surface area (Å²) < 4.78 is 7.95. The summed E-state index contributed by atoms with van der Waals surface area (Å²) in [4.78, 5) is 15.2. The molecule has 2 heterocycles. The topological polar surface area (TPSA) is 54.7 Å². The van der Waals surface area contributed by atoms with Crippen LogP contribution in [0.25, 0.3) is 16.5 Å². The highest BCUT2D eigenvalue weighted by atomic mass is 16.6. The van der Waals surface area contributed by atoms with Crippen LogP contribution in [0, 0.1) is 5.92 Å². The van der Waals surface area contributed by atoms with Crippen LogP contribution in [0.15, 0.2) is 30.5 Å². The molecule has 3 aliphatic rings. The maximum atomic E-state index is 12.9. The molecule has 4 atom stereocenters. The molecule has 1 aromatic carbocycles. The van der Waals surface area contributed by atoms with Crippen molar-refractivity contribution in [1.29, 1.82) is 0 Å². The van der Waals surface area contributed by atoms with Crippen LogP contribution in [0.4, 0.5) is 0 Å². The number of likely N-dealkylation sites (N-methyl/N-ethyl adjacent to an activating group) is 1. The molecule has 1 fully saturated rings. The van der Waals surface area contributed by atoms with E-state index >= 15 is 0 Å². The molecule has 148 valence electrons. The molecule has 2 unspecified atom stereocenters. The van der Waals surface area contributed by atoms with Gasteiger partial charge in [-0.15, -0.1) is 0 Å². The third-order valence-electron chi connectivity index (χ3n) is 6.81. The van der Waals surface area contributed by atoms with E-state index in [9.17, 15) is 9.90 Å². The molecule has 0 bridgehead atoms. The summed E-state index contributed by atoms with van der Waals surface area (Å²) in [5, 5.41) is 11.5. The van der Waals surface area contributed by atoms with Crippen LogP contribution in [-0.4, -0.2) is 52.4 Å². The summed E-state index contributed by atoms with van der Waals surface area (Å²) in [6, 6.07) is 6.73. The van der Waals surface area contributed by atoms with Gasteiger partial charge in [0.1, 0.15) is 6.10 Å². The van der Waals surface area contributed by atoms with E-state index in [4.69, 9.17) is 4.74 Å². The molecule has 1 N–H and O–H groups in total. The van der Waals surface area contributed by atoms with Gasteiger partial charge in [0.05, 0.1) is 12.0 Å². The maximum Gasteiger partial charge on any atom is 0.314 e. The smallest absolute Gasteiger partial charge is 0.314 e. The molecule has 2 aromatic rings. The number of benzene rings is 1. The predicted octanol–water partition coefficient (Wildman–Crippen LogP) is 2.89. The quantitative estimate of drug-likeness (QED) is 0.814. The Bertz CT molecular complexity index is 960. The minimum absolute atomic E-state index is 0.199. The van der Waals surface area contributed by atoms with E-state index in [0.29, 0.717) is 12.6 Å². The second-order valence-electron chi connectivity index (χ2n) is 8.68. The van der Waals surface area contributed by atoms with E-state index in [2.05, 4.69) is 54.0 Å². The molecule has 0 spiro atoms. The molecule has 5 nitrogen and oxygen atoms in total. The molecule has 0 amide bonds. The molecule has 5 rings (SSSR count). The maximum absolute atomic E-state index is 12.9. The number of aliphatic hydroxyl groups is 1. The van der Waals surface area contributed by atoms with Crippen molar-refractivity contribution in [3.8, 4) is 0 Å². The lowest BCUT2D eigenvalue weighted by Gasteiger charge is -2.39. The zero-order valence-electron chi connectivity index (χ0n) is 16.6. The molecule has 0 saturated heterocycles. The fraction of sp³-hybridized carbons (Fsp3) is 0.522. The van der Waals surface area contributed by atoms with Gasteiger partial charge in [-0.2, -0.15) is 0 Å². The highest BCUT2D eigenvalue weighted by Gasteiger charge is 2.37.